The third kappa shape index (κ3) is 5.65. The fourth-order valence-electron chi connectivity index (χ4n) is 2.60. The normalized spacial score (nSPS) is 11.4. The highest BCUT2D eigenvalue weighted by Gasteiger charge is 2.14. The molecular formula is C21H20ClN3O4. The Labute approximate surface area is 173 Å². The molecule has 0 radical (unpaired) electrons. The van der Waals surface area contributed by atoms with Gasteiger partial charge in [-0.2, -0.15) is 0 Å². The monoisotopic (exact) mass is 413 g/mol. The van der Waals surface area contributed by atoms with E-state index in [-0.39, 0.29) is 22.5 Å². The van der Waals surface area contributed by atoms with Gasteiger partial charge in [0.15, 0.2) is 0 Å². The number of hydrogen-bond acceptors (Lipinski definition) is 6. The summed E-state index contributed by atoms with van der Waals surface area (Å²) in [6.07, 6.45) is 5.05. The van der Waals surface area contributed by atoms with Crippen LogP contribution in [0.3, 0.4) is 0 Å². The van der Waals surface area contributed by atoms with E-state index >= 15 is 0 Å². The van der Waals surface area contributed by atoms with Crippen LogP contribution >= 0.6 is 11.6 Å². The van der Waals surface area contributed by atoms with Crippen molar-refractivity contribution in [2.24, 2.45) is 0 Å². The van der Waals surface area contributed by atoms with Gasteiger partial charge in [0, 0.05) is 17.7 Å². The van der Waals surface area contributed by atoms with Gasteiger partial charge >= 0.3 is 0 Å². The summed E-state index contributed by atoms with van der Waals surface area (Å²) in [4.78, 5) is 10.4. The van der Waals surface area contributed by atoms with Gasteiger partial charge in [0.25, 0.3) is 11.6 Å². The first kappa shape index (κ1) is 20.5. The van der Waals surface area contributed by atoms with Crippen molar-refractivity contribution in [2.75, 3.05) is 6.61 Å². The van der Waals surface area contributed by atoms with E-state index < -0.39 is 4.92 Å². The Balaban J connectivity index is 1.69. The molecule has 0 aliphatic carbocycles. The highest BCUT2D eigenvalue weighted by molar-refractivity contribution is 6.50. The SMILES string of the molecule is CCCCCOc1ccc(/C=C(\Cl)c2nnc(-c3cccc([N+](=O)[O-])c3)o2)cc1. The molecule has 0 amide bonds. The van der Waals surface area contributed by atoms with Crippen LogP contribution in [0.5, 0.6) is 5.75 Å². The zero-order valence-corrected chi connectivity index (χ0v) is 16.6. The van der Waals surface area contributed by atoms with Crippen LogP contribution in [0.25, 0.3) is 22.6 Å². The van der Waals surface area contributed by atoms with Crippen LogP contribution in [0.1, 0.15) is 37.6 Å². The molecule has 0 bridgehead atoms. The number of hydrogen-bond donors (Lipinski definition) is 0. The van der Waals surface area contributed by atoms with Crippen molar-refractivity contribution in [1.29, 1.82) is 0 Å². The van der Waals surface area contributed by atoms with E-state index in [0.717, 1.165) is 30.6 Å². The number of non-ortho nitro benzene ring substituents is 1. The van der Waals surface area contributed by atoms with Crippen LogP contribution in [-0.2, 0) is 0 Å². The molecule has 0 N–H and O–H groups in total. The maximum atomic E-state index is 10.9. The number of aromatic nitrogens is 2. The van der Waals surface area contributed by atoms with E-state index in [9.17, 15) is 10.1 Å². The third-order valence-corrected chi connectivity index (χ3v) is 4.39. The maximum absolute atomic E-state index is 10.9. The minimum absolute atomic E-state index is 0.0547. The molecule has 1 aromatic heterocycles. The summed E-state index contributed by atoms with van der Waals surface area (Å²) in [6, 6.07) is 13.5. The van der Waals surface area contributed by atoms with Crippen LogP contribution in [-0.4, -0.2) is 21.7 Å². The molecule has 3 rings (SSSR count). The summed E-state index contributed by atoms with van der Waals surface area (Å²) in [5, 5.41) is 19.0. The minimum Gasteiger partial charge on any atom is -0.494 e. The Morgan fingerprint density at radius 3 is 2.72 bits per heavy atom. The average Bonchev–Trinajstić information content (AvgIpc) is 3.23. The summed E-state index contributed by atoms with van der Waals surface area (Å²) in [6.45, 7) is 2.85. The number of benzene rings is 2. The topological polar surface area (TPSA) is 91.3 Å². The Hall–Kier alpha value is -3.19. The Kier molecular flexibility index (Phi) is 6.97. The van der Waals surface area contributed by atoms with Crippen LogP contribution in [0.2, 0.25) is 0 Å². The largest absolute Gasteiger partial charge is 0.494 e. The summed E-state index contributed by atoms with van der Waals surface area (Å²) in [5.74, 6) is 1.10. The molecule has 0 atom stereocenters. The van der Waals surface area contributed by atoms with Crippen molar-refractivity contribution in [2.45, 2.75) is 26.2 Å². The molecule has 0 unspecified atom stereocenters. The molecule has 1 heterocycles. The van der Waals surface area contributed by atoms with E-state index in [1.807, 2.05) is 24.3 Å². The van der Waals surface area contributed by atoms with Gasteiger partial charge in [-0.3, -0.25) is 10.1 Å². The number of unbranched alkanes of at least 4 members (excludes halogenated alkanes) is 2. The zero-order chi connectivity index (χ0) is 20.6. The second kappa shape index (κ2) is 9.84. The molecule has 2 aromatic carbocycles. The molecule has 3 aromatic rings. The molecule has 7 nitrogen and oxygen atoms in total. The quantitative estimate of drug-likeness (QED) is 0.244. The molecule has 150 valence electrons. The molecule has 29 heavy (non-hydrogen) atoms. The van der Waals surface area contributed by atoms with Crippen LogP contribution in [0, 0.1) is 10.1 Å². The number of nitrogens with zero attached hydrogens (tertiary/aromatic N) is 3. The van der Waals surface area contributed by atoms with E-state index in [4.69, 9.17) is 20.8 Å². The van der Waals surface area contributed by atoms with Gasteiger partial charge in [-0.1, -0.05) is 49.6 Å². The molecule has 0 aliphatic heterocycles. The van der Waals surface area contributed by atoms with Gasteiger partial charge in [0.05, 0.1) is 11.5 Å². The third-order valence-electron chi connectivity index (χ3n) is 4.12. The van der Waals surface area contributed by atoms with Crippen molar-refractivity contribution in [1.82, 2.24) is 10.2 Å². The molecule has 0 aliphatic rings. The number of rotatable bonds is 9. The second-order valence-corrected chi connectivity index (χ2v) is 6.74. The minimum atomic E-state index is -0.481. The van der Waals surface area contributed by atoms with Crippen molar-refractivity contribution in [3.8, 4) is 17.2 Å². The van der Waals surface area contributed by atoms with Gasteiger partial charge < -0.3 is 9.15 Å². The Bertz CT molecular complexity index is 999. The molecule has 8 heteroatoms. The lowest BCUT2D eigenvalue weighted by Gasteiger charge is -2.05. The van der Waals surface area contributed by atoms with E-state index in [1.165, 1.54) is 12.1 Å². The molecule has 0 fully saturated rings. The predicted molar refractivity (Wildman–Crippen MR) is 112 cm³/mol. The first-order chi connectivity index (χ1) is 14.1. The summed E-state index contributed by atoms with van der Waals surface area (Å²) in [5.41, 5.74) is 1.25. The summed E-state index contributed by atoms with van der Waals surface area (Å²) >= 11 is 6.31. The van der Waals surface area contributed by atoms with Gasteiger partial charge in [0.1, 0.15) is 10.8 Å². The Morgan fingerprint density at radius 1 is 1.21 bits per heavy atom. The smallest absolute Gasteiger partial charge is 0.270 e. The molecule has 0 spiro atoms. The van der Waals surface area contributed by atoms with Gasteiger partial charge in [-0.05, 0) is 36.3 Å². The van der Waals surface area contributed by atoms with E-state index in [2.05, 4.69) is 17.1 Å². The highest BCUT2D eigenvalue weighted by Crippen LogP contribution is 2.27. The number of nitro benzene ring substituents is 1. The molecule has 0 saturated carbocycles. The van der Waals surface area contributed by atoms with Crippen LogP contribution in [0.4, 0.5) is 5.69 Å². The number of halogens is 1. The van der Waals surface area contributed by atoms with Crippen molar-refractivity contribution >= 4 is 28.4 Å². The van der Waals surface area contributed by atoms with Gasteiger partial charge in [0.2, 0.25) is 5.89 Å². The molecular weight excluding hydrogens is 394 g/mol. The van der Waals surface area contributed by atoms with Gasteiger partial charge in [-0.15, -0.1) is 10.2 Å². The fourth-order valence-corrected chi connectivity index (χ4v) is 2.80. The van der Waals surface area contributed by atoms with Crippen molar-refractivity contribution in [3.63, 3.8) is 0 Å². The maximum Gasteiger partial charge on any atom is 0.270 e. The van der Waals surface area contributed by atoms with Gasteiger partial charge in [-0.25, -0.2) is 0 Å². The van der Waals surface area contributed by atoms with E-state index in [0.29, 0.717) is 12.2 Å². The lowest BCUT2D eigenvalue weighted by atomic mass is 10.2. The summed E-state index contributed by atoms with van der Waals surface area (Å²) < 4.78 is 11.3. The predicted octanol–water partition coefficient (Wildman–Crippen LogP) is 5.95. The fraction of sp³-hybridized carbons (Fsp3) is 0.238. The standard InChI is InChI=1S/C21H20ClN3O4/c1-2-3-4-12-28-18-10-8-15(9-11-18)13-19(22)21-24-23-20(29-21)16-6-5-7-17(14-16)25(26)27/h5-11,13-14H,2-4,12H2,1H3/b19-13-. The lowest BCUT2D eigenvalue weighted by molar-refractivity contribution is -0.384. The van der Waals surface area contributed by atoms with E-state index in [1.54, 1.807) is 18.2 Å². The Morgan fingerprint density at radius 2 is 2.00 bits per heavy atom. The van der Waals surface area contributed by atoms with Crippen molar-refractivity contribution in [3.05, 3.63) is 70.1 Å². The first-order valence-electron chi connectivity index (χ1n) is 9.25. The first-order valence-corrected chi connectivity index (χ1v) is 9.63. The zero-order valence-electron chi connectivity index (χ0n) is 15.9. The molecule has 0 saturated heterocycles. The van der Waals surface area contributed by atoms with Crippen molar-refractivity contribution < 1.29 is 14.1 Å². The summed E-state index contributed by atoms with van der Waals surface area (Å²) in [7, 11) is 0. The lowest BCUT2D eigenvalue weighted by Crippen LogP contribution is -1.96. The van der Waals surface area contributed by atoms with Crippen LogP contribution < -0.4 is 4.74 Å². The highest BCUT2D eigenvalue weighted by atomic mass is 35.5. The number of ether oxygens (including phenoxy) is 1. The second-order valence-electron chi connectivity index (χ2n) is 6.34. The average molecular weight is 414 g/mol. The van der Waals surface area contributed by atoms with Crippen LogP contribution in [0.15, 0.2) is 52.9 Å². The number of nitro groups is 1.